The van der Waals surface area contributed by atoms with Gasteiger partial charge in [0.2, 0.25) is 10.0 Å². The second-order valence-corrected chi connectivity index (χ2v) is 10.5. The highest BCUT2D eigenvalue weighted by atomic mass is 32.2. The van der Waals surface area contributed by atoms with Crippen LogP contribution in [0.1, 0.15) is 28.8 Å². The first kappa shape index (κ1) is 23.7. The van der Waals surface area contributed by atoms with Crippen molar-refractivity contribution >= 4 is 27.3 Å². The molecule has 1 unspecified atom stereocenters. The molecule has 8 nitrogen and oxygen atoms in total. The van der Waals surface area contributed by atoms with Gasteiger partial charge in [0.1, 0.15) is 0 Å². The number of hydrogen-bond acceptors (Lipinski definition) is 6. The number of piperazine rings is 1. The highest BCUT2D eigenvalue weighted by Crippen LogP contribution is 2.25. The minimum atomic E-state index is -3.72. The topological polar surface area (TPSA) is 91.0 Å². The van der Waals surface area contributed by atoms with Gasteiger partial charge in [-0.1, -0.05) is 6.07 Å². The first-order chi connectivity index (χ1) is 15.8. The van der Waals surface area contributed by atoms with Crippen molar-refractivity contribution in [2.45, 2.75) is 30.8 Å². The molecule has 0 radical (unpaired) electrons. The molecule has 2 aliphatic rings. The van der Waals surface area contributed by atoms with E-state index in [4.69, 9.17) is 4.74 Å². The summed E-state index contributed by atoms with van der Waals surface area (Å²) in [4.78, 5) is 17.6. The number of aryl methyl sites for hydroxylation is 1. The molecule has 0 spiro atoms. The van der Waals surface area contributed by atoms with Crippen LogP contribution in [0.2, 0.25) is 0 Å². The molecule has 33 heavy (non-hydrogen) atoms. The zero-order chi connectivity index (χ0) is 23.4. The summed E-state index contributed by atoms with van der Waals surface area (Å²) < 4.78 is 33.4. The molecule has 0 saturated carbocycles. The molecule has 2 heterocycles. The number of nitrogens with one attached hydrogen (secondary N) is 2. The van der Waals surface area contributed by atoms with Gasteiger partial charge in [-0.15, -0.1) is 0 Å². The van der Waals surface area contributed by atoms with Crippen LogP contribution in [0.4, 0.5) is 11.4 Å². The second kappa shape index (κ2) is 10.2. The van der Waals surface area contributed by atoms with Crippen LogP contribution in [-0.2, 0) is 14.8 Å². The van der Waals surface area contributed by atoms with E-state index >= 15 is 0 Å². The molecular formula is C24H32N4O4S. The van der Waals surface area contributed by atoms with E-state index < -0.39 is 10.0 Å². The zero-order valence-electron chi connectivity index (χ0n) is 19.2. The predicted octanol–water partition coefficient (Wildman–Crippen LogP) is 2.46. The van der Waals surface area contributed by atoms with Gasteiger partial charge in [0.05, 0.1) is 11.0 Å². The molecule has 1 amide bonds. The van der Waals surface area contributed by atoms with Crippen molar-refractivity contribution in [3.8, 4) is 0 Å². The smallest absolute Gasteiger partial charge is 0.255 e. The van der Waals surface area contributed by atoms with Crippen molar-refractivity contribution in [1.29, 1.82) is 0 Å². The Balaban J connectivity index is 1.41. The van der Waals surface area contributed by atoms with Gasteiger partial charge in [-0.25, -0.2) is 13.1 Å². The van der Waals surface area contributed by atoms with Crippen molar-refractivity contribution in [3.63, 3.8) is 0 Å². The quantitative estimate of drug-likeness (QED) is 0.643. The van der Waals surface area contributed by atoms with Crippen LogP contribution in [0.15, 0.2) is 47.4 Å². The number of carbonyl (C=O) groups is 1. The number of sulfonamides is 1. The largest absolute Gasteiger partial charge is 0.377 e. The minimum Gasteiger partial charge on any atom is -0.377 e. The Morgan fingerprint density at radius 1 is 1.12 bits per heavy atom. The summed E-state index contributed by atoms with van der Waals surface area (Å²) in [5, 5.41) is 2.89. The third kappa shape index (κ3) is 5.92. The Kier molecular flexibility index (Phi) is 7.33. The lowest BCUT2D eigenvalue weighted by Gasteiger charge is -2.35. The van der Waals surface area contributed by atoms with Gasteiger partial charge in [-0.05, 0) is 68.8 Å². The van der Waals surface area contributed by atoms with Crippen LogP contribution in [0, 0.1) is 6.92 Å². The van der Waals surface area contributed by atoms with Gasteiger partial charge in [-0.2, -0.15) is 0 Å². The van der Waals surface area contributed by atoms with Gasteiger partial charge < -0.3 is 19.9 Å². The first-order valence-electron chi connectivity index (χ1n) is 11.4. The van der Waals surface area contributed by atoms with E-state index in [1.807, 2.05) is 25.1 Å². The zero-order valence-corrected chi connectivity index (χ0v) is 20.0. The van der Waals surface area contributed by atoms with Crippen LogP contribution in [0.25, 0.3) is 0 Å². The van der Waals surface area contributed by atoms with Crippen molar-refractivity contribution in [2.75, 3.05) is 56.6 Å². The molecule has 178 valence electrons. The van der Waals surface area contributed by atoms with Crippen LogP contribution in [0.5, 0.6) is 0 Å². The number of rotatable bonds is 7. The Morgan fingerprint density at radius 2 is 1.91 bits per heavy atom. The Labute approximate surface area is 196 Å². The normalized spacial score (nSPS) is 19.6. The highest BCUT2D eigenvalue weighted by molar-refractivity contribution is 7.89. The molecule has 0 bridgehead atoms. The van der Waals surface area contributed by atoms with E-state index in [0.29, 0.717) is 12.3 Å². The van der Waals surface area contributed by atoms with E-state index in [9.17, 15) is 13.2 Å². The van der Waals surface area contributed by atoms with Crippen LogP contribution >= 0.6 is 0 Å². The number of hydrogen-bond donors (Lipinski definition) is 2. The van der Waals surface area contributed by atoms with Gasteiger partial charge in [-0.3, -0.25) is 4.79 Å². The lowest BCUT2D eigenvalue weighted by molar-refractivity contribution is 0.102. The molecule has 2 N–H and O–H groups in total. The van der Waals surface area contributed by atoms with E-state index in [1.54, 1.807) is 12.1 Å². The monoisotopic (exact) mass is 472 g/mol. The molecule has 1 atom stereocenters. The third-order valence-electron chi connectivity index (χ3n) is 6.23. The number of anilines is 2. The average Bonchev–Trinajstić information content (AvgIpc) is 3.33. The van der Waals surface area contributed by atoms with Crippen molar-refractivity contribution in [2.24, 2.45) is 0 Å². The molecule has 2 aromatic carbocycles. The van der Waals surface area contributed by atoms with Crippen LogP contribution in [0.3, 0.4) is 0 Å². The Bertz CT molecular complexity index is 1090. The predicted molar refractivity (Wildman–Crippen MR) is 129 cm³/mol. The molecule has 0 aromatic heterocycles. The molecule has 0 aliphatic carbocycles. The van der Waals surface area contributed by atoms with Crippen LogP contribution in [-0.4, -0.2) is 71.7 Å². The number of likely N-dealkylation sites (N-methyl/N-ethyl adjacent to an activating group) is 1. The third-order valence-corrected chi connectivity index (χ3v) is 7.65. The summed E-state index contributed by atoms with van der Waals surface area (Å²) in [6.45, 7) is 6.95. The summed E-state index contributed by atoms with van der Waals surface area (Å²) in [5.41, 5.74) is 3.23. The molecule has 2 fully saturated rings. The summed E-state index contributed by atoms with van der Waals surface area (Å²) in [7, 11) is -1.60. The van der Waals surface area contributed by atoms with Crippen LogP contribution < -0.4 is 14.9 Å². The van der Waals surface area contributed by atoms with Gasteiger partial charge in [0.25, 0.3) is 5.91 Å². The molecule has 2 aromatic rings. The van der Waals surface area contributed by atoms with E-state index in [2.05, 4.69) is 26.9 Å². The maximum atomic E-state index is 12.8. The molecule has 2 saturated heterocycles. The SMILES string of the molecule is Cc1cc(NC(=O)c2cccc(S(=O)(=O)NCC3CCCO3)c2)ccc1N1CCN(C)CC1. The van der Waals surface area contributed by atoms with E-state index in [0.717, 1.165) is 44.6 Å². The second-order valence-electron chi connectivity index (χ2n) is 8.76. The fraction of sp³-hybridized carbons (Fsp3) is 0.458. The maximum absolute atomic E-state index is 12.8. The number of nitrogens with zero attached hydrogens (tertiary/aromatic N) is 2. The van der Waals surface area contributed by atoms with E-state index in [-0.39, 0.29) is 29.0 Å². The fourth-order valence-electron chi connectivity index (χ4n) is 4.23. The summed E-state index contributed by atoms with van der Waals surface area (Å²) in [6, 6.07) is 12.0. The van der Waals surface area contributed by atoms with E-state index in [1.165, 1.54) is 17.8 Å². The number of carbonyl (C=O) groups excluding carboxylic acids is 1. The molecule has 9 heteroatoms. The van der Waals surface area contributed by atoms with Gasteiger partial charge in [0.15, 0.2) is 0 Å². The lowest BCUT2D eigenvalue weighted by atomic mass is 10.1. The van der Waals surface area contributed by atoms with Gasteiger partial charge >= 0.3 is 0 Å². The maximum Gasteiger partial charge on any atom is 0.255 e. The molecule has 2 aliphatic heterocycles. The van der Waals surface area contributed by atoms with Crippen molar-refractivity contribution in [1.82, 2.24) is 9.62 Å². The highest BCUT2D eigenvalue weighted by Gasteiger charge is 2.21. The Hall–Kier alpha value is -2.46. The summed E-state index contributed by atoms with van der Waals surface area (Å²) >= 11 is 0. The molecular weight excluding hydrogens is 440 g/mol. The molecule has 4 rings (SSSR count). The number of amides is 1. The average molecular weight is 473 g/mol. The van der Waals surface area contributed by atoms with Crippen molar-refractivity contribution < 1.29 is 17.9 Å². The standard InChI is InChI=1S/C24H32N4O4S/c1-18-15-20(8-9-23(18)28-12-10-27(2)11-13-28)26-24(29)19-5-3-7-22(16-19)33(30,31)25-17-21-6-4-14-32-21/h3,5,7-9,15-16,21,25H,4,6,10-14,17H2,1-2H3,(H,26,29). The fourth-order valence-corrected chi connectivity index (χ4v) is 5.35. The summed E-state index contributed by atoms with van der Waals surface area (Å²) in [5.74, 6) is -0.349. The van der Waals surface area contributed by atoms with Crippen molar-refractivity contribution in [3.05, 3.63) is 53.6 Å². The van der Waals surface area contributed by atoms with Gasteiger partial charge in [0, 0.05) is 56.3 Å². The number of ether oxygens (including phenoxy) is 1. The lowest BCUT2D eigenvalue weighted by Crippen LogP contribution is -2.44. The first-order valence-corrected chi connectivity index (χ1v) is 12.9. The minimum absolute atomic E-state index is 0.0646. The summed E-state index contributed by atoms with van der Waals surface area (Å²) in [6.07, 6.45) is 1.69. The number of benzene rings is 2. The Morgan fingerprint density at radius 3 is 2.61 bits per heavy atom.